The van der Waals surface area contributed by atoms with Gasteiger partial charge >= 0.3 is 0 Å². The predicted molar refractivity (Wildman–Crippen MR) is 37.2 cm³/mol. The Labute approximate surface area is 67.7 Å². The number of benzene rings is 1. The molecule has 0 atom stereocenters. The molecule has 1 aliphatic heterocycles. The Kier molecular flexibility index (Phi) is 1.43. The van der Waals surface area contributed by atoms with Crippen molar-refractivity contribution in [2.75, 3.05) is 6.79 Å². The van der Waals surface area contributed by atoms with Gasteiger partial charge in [-0.1, -0.05) is 0 Å². The number of fused-ring (bicyclic) bond motifs is 1. The van der Waals surface area contributed by atoms with E-state index in [9.17, 15) is 8.78 Å². The van der Waals surface area contributed by atoms with Crippen molar-refractivity contribution < 1.29 is 18.3 Å². The van der Waals surface area contributed by atoms with E-state index in [1.807, 2.05) is 0 Å². The second kappa shape index (κ2) is 2.33. The average Bonchev–Trinajstić information content (AvgIpc) is 2.48. The minimum Gasteiger partial charge on any atom is -0.453 e. The molecule has 0 fully saturated rings. The smallest absolute Gasteiger partial charge is 0.231 e. The molecule has 0 aliphatic carbocycles. The molecule has 2 nitrogen and oxygen atoms in total. The molecule has 0 bridgehead atoms. The van der Waals surface area contributed by atoms with Gasteiger partial charge in [0.25, 0.3) is 0 Å². The lowest BCUT2D eigenvalue weighted by molar-refractivity contribution is 0.170. The van der Waals surface area contributed by atoms with Gasteiger partial charge in [-0.25, -0.2) is 8.78 Å². The summed E-state index contributed by atoms with van der Waals surface area (Å²) in [5, 5.41) is 0. The zero-order chi connectivity index (χ0) is 8.72. The molecule has 1 aromatic rings. The Bertz CT molecular complexity index is 336. The van der Waals surface area contributed by atoms with E-state index in [-0.39, 0.29) is 23.9 Å². The standard InChI is InChI=1S/C8H6F2O2/c1-4-5(9)2-6(10)8-7(4)11-3-12-8/h2H,3H2,1H3. The molecule has 1 heterocycles. The van der Waals surface area contributed by atoms with Crippen LogP contribution in [0.2, 0.25) is 0 Å². The lowest BCUT2D eigenvalue weighted by atomic mass is 10.2. The van der Waals surface area contributed by atoms with Gasteiger partial charge in [0.2, 0.25) is 12.5 Å². The molecule has 1 aliphatic rings. The maximum Gasteiger partial charge on any atom is 0.231 e. The van der Waals surface area contributed by atoms with E-state index >= 15 is 0 Å². The van der Waals surface area contributed by atoms with Gasteiger partial charge in [0.1, 0.15) is 5.82 Å². The van der Waals surface area contributed by atoms with E-state index < -0.39 is 11.6 Å². The van der Waals surface area contributed by atoms with Crippen molar-refractivity contribution in [1.29, 1.82) is 0 Å². The molecule has 4 heteroatoms. The molecule has 0 amide bonds. The van der Waals surface area contributed by atoms with Crippen LogP contribution in [-0.2, 0) is 0 Å². The van der Waals surface area contributed by atoms with Crippen LogP contribution in [0.4, 0.5) is 8.78 Å². The average molecular weight is 172 g/mol. The third kappa shape index (κ3) is 0.841. The fourth-order valence-electron chi connectivity index (χ4n) is 1.13. The van der Waals surface area contributed by atoms with E-state index in [1.54, 1.807) is 0 Å². The highest BCUT2D eigenvalue weighted by Gasteiger charge is 2.23. The van der Waals surface area contributed by atoms with Crippen molar-refractivity contribution in [2.45, 2.75) is 6.92 Å². The highest BCUT2D eigenvalue weighted by molar-refractivity contribution is 5.49. The molecule has 0 spiro atoms. The van der Waals surface area contributed by atoms with E-state index in [0.29, 0.717) is 0 Å². The van der Waals surface area contributed by atoms with Crippen LogP contribution in [0.15, 0.2) is 6.07 Å². The highest BCUT2D eigenvalue weighted by Crippen LogP contribution is 2.38. The fourth-order valence-corrected chi connectivity index (χ4v) is 1.13. The molecule has 2 rings (SSSR count). The van der Waals surface area contributed by atoms with Crippen molar-refractivity contribution in [3.8, 4) is 11.5 Å². The maximum atomic E-state index is 12.9. The molecule has 0 unspecified atom stereocenters. The first-order valence-corrected chi connectivity index (χ1v) is 3.44. The second-order valence-electron chi connectivity index (χ2n) is 2.53. The van der Waals surface area contributed by atoms with Crippen molar-refractivity contribution >= 4 is 0 Å². The quantitative estimate of drug-likeness (QED) is 0.595. The molecular formula is C8H6F2O2. The molecule has 0 aromatic heterocycles. The molecular weight excluding hydrogens is 166 g/mol. The number of rotatable bonds is 0. The van der Waals surface area contributed by atoms with Crippen LogP contribution in [0.5, 0.6) is 11.5 Å². The van der Waals surface area contributed by atoms with E-state index in [0.717, 1.165) is 6.07 Å². The van der Waals surface area contributed by atoms with Crippen LogP contribution in [-0.4, -0.2) is 6.79 Å². The van der Waals surface area contributed by atoms with Crippen molar-refractivity contribution in [3.05, 3.63) is 23.3 Å². The first-order valence-electron chi connectivity index (χ1n) is 3.44. The molecule has 0 radical (unpaired) electrons. The molecule has 0 saturated carbocycles. The summed E-state index contributed by atoms with van der Waals surface area (Å²) in [6, 6.07) is 0.794. The highest BCUT2D eigenvalue weighted by atomic mass is 19.1. The van der Waals surface area contributed by atoms with Crippen molar-refractivity contribution in [1.82, 2.24) is 0 Å². The largest absolute Gasteiger partial charge is 0.453 e. The summed E-state index contributed by atoms with van der Waals surface area (Å²) in [5.74, 6) is -1.15. The van der Waals surface area contributed by atoms with Crippen LogP contribution in [0.3, 0.4) is 0 Å². The Morgan fingerprint density at radius 3 is 2.58 bits per heavy atom. The Hall–Kier alpha value is -1.32. The van der Waals surface area contributed by atoms with Gasteiger partial charge in [0.05, 0.1) is 0 Å². The van der Waals surface area contributed by atoms with Gasteiger partial charge in [-0.15, -0.1) is 0 Å². The predicted octanol–water partition coefficient (Wildman–Crippen LogP) is 2.00. The van der Waals surface area contributed by atoms with E-state index in [1.165, 1.54) is 6.92 Å². The summed E-state index contributed by atoms with van der Waals surface area (Å²) in [7, 11) is 0. The zero-order valence-corrected chi connectivity index (χ0v) is 6.36. The Morgan fingerprint density at radius 1 is 1.17 bits per heavy atom. The molecule has 64 valence electrons. The summed E-state index contributed by atoms with van der Waals surface area (Å²) in [6.07, 6.45) is 0. The SMILES string of the molecule is Cc1c(F)cc(F)c2c1OCO2. The van der Waals surface area contributed by atoms with Crippen LogP contribution in [0.25, 0.3) is 0 Å². The fraction of sp³-hybridized carbons (Fsp3) is 0.250. The monoisotopic (exact) mass is 172 g/mol. The second-order valence-corrected chi connectivity index (χ2v) is 2.53. The van der Waals surface area contributed by atoms with Crippen LogP contribution in [0, 0.1) is 18.6 Å². The van der Waals surface area contributed by atoms with Crippen LogP contribution >= 0.6 is 0 Å². The number of hydrogen-bond acceptors (Lipinski definition) is 2. The number of ether oxygens (including phenoxy) is 2. The molecule has 12 heavy (non-hydrogen) atoms. The lowest BCUT2D eigenvalue weighted by Gasteiger charge is -2.01. The summed E-state index contributed by atoms with van der Waals surface area (Å²) in [4.78, 5) is 0. The summed E-state index contributed by atoms with van der Waals surface area (Å²) >= 11 is 0. The van der Waals surface area contributed by atoms with Crippen molar-refractivity contribution in [3.63, 3.8) is 0 Å². The van der Waals surface area contributed by atoms with Crippen molar-refractivity contribution in [2.24, 2.45) is 0 Å². The lowest BCUT2D eigenvalue weighted by Crippen LogP contribution is -1.93. The van der Waals surface area contributed by atoms with Crippen LogP contribution in [0.1, 0.15) is 5.56 Å². The van der Waals surface area contributed by atoms with Gasteiger partial charge in [0, 0.05) is 11.6 Å². The van der Waals surface area contributed by atoms with E-state index in [2.05, 4.69) is 0 Å². The van der Waals surface area contributed by atoms with Gasteiger partial charge in [-0.3, -0.25) is 0 Å². The topological polar surface area (TPSA) is 18.5 Å². The first kappa shape index (κ1) is 7.34. The van der Waals surface area contributed by atoms with Gasteiger partial charge in [-0.2, -0.15) is 0 Å². The Balaban J connectivity index is 2.69. The maximum absolute atomic E-state index is 12.9. The molecule has 0 N–H and O–H groups in total. The normalized spacial score (nSPS) is 13.6. The minimum absolute atomic E-state index is 0.00824. The van der Waals surface area contributed by atoms with Gasteiger partial charge in [-0.05, 0) is 6.92 Å². The summed E-state index contributed by atoms with van der Waals surface area (Å²) in [5.41, 5.74) is 0.281. The van der Waals surface area contributed by atoms with Crippen LogP contribution < -0.4 is 9.47 Å². The third-order valence-corrected chi connectivity index (χ3v) is 1.78. The Morgan fingerprint density at radius 2 is 1.83 bits per heavy atom. The number of hydrogen-bond donors (Lipinski definition) is 0. The zero-order valence-electron chi connectivity index (χ0n) is 6.36. The summed E-state index contributed by atoms with van der Waals surface area (Å²) < 4.78 is 35.4. The minimum atomic E-state index is -0.717. The molecule has 1 aromatic carbocycles. The molecule has 0 saturated heterocycles. The van der Waals surface area contributed by atoms with Gasteiger partial charge in [0.15, 0.2) is 11.6 Å². The van der Waals surface area contributed by atoms with Gasteiger partial charge < -0.3 is 9.47 Å². The number of halogens is 2. The summed E-state index contributed by atoms with van der Waals surface area (Å²) in [6.45, 7) is 1.47. The third-order valence-electron chi connectivity index (χ3n) is 1.78. The first-order chi connectivity index (χ1) is 5.70. The van der Waals surface area contributed by atoms with E-state index in [4.69, 9.17) is 9.47 Å².